The van der Waals surface area contributed by atoms with Crippen LogP contribution in [0.3, 0.4) is 0 Å². The van der Waals surface area contributed by atoms with Gasteiger partial charge in [0.15, 0.2) is 5.65 Å². The third kappa shape index (κ3) is 4.50. The van der Waals surface area contributed by atoms with Gasteiger partial charge >= 0.3 is 11.9 Å². The summed E-state index contributed by atoms with van der Waals surface area (Å²) in [6.07, 6.45) is -4.47. The van der Waals surface area contributed by atoms with Crippen LogP contribution in [0.1, 0.15) is 22.4 Å². The summed E-state index contributed by atoms with van der Waals surface area (Å²) in [7, 11) is 0. The molecule has 0 saturated carbocycles. The van der Waals surface area contributed by atoms with Gasteiger partial charge in [-0.1, -0.05) is 18.2 Å². The normalized spacial score (nSPS) is 11.7. The Morgan fingerprint density at radius 1 is 1.00 bits per heavy atom. The van der Waals surface area contributed by atoms with Crippen LogP contribution in [0.15, 0.2) is 53.3 Å². The molecule has 0 fully saturated rings. The number of benzene rings is 2. The van der Waals surface area contributed by atoms with Gasteiger partial charge in [-0.05, 0) is 56.2 Å². The van der Waals surface area contributed by atoms with Crippen molar-refractivity contribution in [2.75, 3.05) is 5.32 Å². The number of anilines is 1. The van der Waals surface area contributed by atoms with Crippen LogP contribution in [-0.2, 0) is 17.5 Å². The van der Waals surface area contributed by atoms with E-state index in [-0.39, 0.29) is 18.0 Å². The van der Waals surface area contributed by atoms with Crippen LogP contribution >= 0.6 is 0 Å². The van der Waals surface area contributed by atoms with Gasteiger partial charge in [0, 0.05) is 23.0 Å². The Kier molecular flexibility index (Phi) is 5.52. The van der Waals surface area contributed by atoms with Crippen molar-refractivity contribution in [2.45, 2.75) is 33.5 Å². The molecule has 2 aromatic heterocycles. The van der Waals surface area contributed by atoms with E-state index in [1.165, 1.54) is 16.5 Å². The zero-order valence-corrected chi connectivity index (χ0v) is 18.1. The van der Waals surface area contributed by atoms with E-state index in [0.717, 1.165) is 27.9 Å². The number of carbonyl (C=O) groups excluding carboxylic acids is 1. The highest BCUT2D eigenvalue weighted by molar-refractivity contribution is 5.90. The average Bonchev–Trinajstić information content (AvgIpc) is 3.04. The van der Waals surface area contributed by atoms with Gasteiger partial charge in [-0.3, -0.25) is 4.79 Å². The monoisotopic (exact) mass is 455 g/mol. The van der Waals surface area contributed by atoms with E-state index >= 15 is 0 Å². The molecule has 0 aliphatic carbocycles. The molecule has 0 radical (unpaired) electrons. The number of nitrogens with zero attached hydrogens (tertiary/aromatic N) is 4. The van der Waals surface area contributed by atoms with E-state index in [0.29, 0.717) is 16.9 Å². The predicted molar refractivity (Wildman–Crippen MR) is 117 cm³/mol. The number of aromatic nitrogens is 4. The van der Waals surface area contributed by atoms with Crippen LogP contribution in [0.5, 0.6) is 0 Å². The second-order valence-corrected chi connectivity index (χ2v) is 7.78. The molecule has 33 heavy (non-hydrogen) atoms. The molecule has 0 saturated heterocycles. The standard InChI is InChI=1S/C23H20F3N5O2/c1-13-4-9-18(10-14(13)2)28-20(32)12-30-22(33)31-19(29-30)11-15(3)27-21(31)16-5-7-17(8-6-16)23(24,25)26/h4-11H,12H2,1-3H3,(H,28,32). The van der Waals surface area contributed by atoms with Crippen molar-refractivity contribution in [3.63, 3.8) is 0 Å². The summed E-state index contributed by atoms with van der Waals surface area (Å²) in [5, 5.41) is 6.95. The maximum absolute atomic E-state index is 13.0. The van der Waals surface area contributed by atoms with Crippen LogP contribution in [0, 0.1) is 20.8 Å². The third-order valence-corrected chi connectivity index (χ3v) is 5.25. The first kappa shape index (κ1) is 22.3. The highest BCUT2D eigenvalue weighted by Crippen LogP contribution is 2.30. The molecule has 0 atom stereocenters. The highest BCUT2D eigenvalue weighted by atomic mass is 19.4. The third-order valence-electron chi connectivity index (χ3n) is 5.25. The molecule has 170 valence electrons. The lowest BCUT2D eigenvalue weighted by Gasteiger charge is -2.08. The number of nitrogens with one attached hydrogen (secondary N) is 1. The van der Waals surface area contributed by atoms with Crippen LogP contribution in [0.2, 0.25) is 0 Å². The molecule has 0 spiro atoms. The first-order chi connectivity index (χ1) is 15.5. The first-order valence-electron chi connectivity index (χ1n) is 10.0. The number of aryl methyl sites for hydroxylation is 3. The van der Waals surface area contributed by atoms with Crippen molar-refractivity contribution < 1.29 is 18.0 Å². The number of fused-ring (bicyclic) bond motifs is 1. The first-order valence-corrected chi connectivity index (χ1v) is 10.0. The predicted octanol–water partition coefficient (Wildman–Crippen LogP) is 4.14. The van der Waals surface area contributed by atoms with E-state index in [1.54, 1.807) is 19.1 Å². The van der Waals surface area contributed by atoms with Gasteiger partial charge in [0.05, 0.1) is 5.56 Å². The molecule has 4 aromatic rings. The van der Waals surface area contributed by atoms with E-state index < -0.39 is 23.3 Å². The van der Waals surface area contributed by atoms with E-state index in [9.17, 15) is 22.8 Å². The van der Waals surface area contributed by atoms with E-state index in [1.807, 2.05) is 26.0 Å². The molecule has 0 unspecified atom stereocenters. The molecule has 10 heteroatoms. The fourth-order valence-electron chi connectivity index (χ4n) is 3.41. The van der Waals surface area contributed by atoms with Crippen molar-refractivity contribution in [3.05, 3.63) is 81.4 Å². The minimum absolute atomic E-state index is 0.143. The van der Waals surface area contributed by atoms with Crippen LogP contribution in [0.4, 0.5) is 18.9 Å². The number of rotatable bonds is 4. The van der Waals surface area contributed by atoms with Crippen LogP contribution in [0.25, 0.3) is 17.0 Å². The minimum Gasteiger partial charge on any atom is -0.324 e. The van der Waals surface area contributed by atoms with Gasteiger partial charge < -0.3 is 5.32 Å². The Morgan fingerprint density at radius 2 is 1.70 bits per heavy atom. The molecule has 1 amide bonds. The summed E-state index contributed by atoms with van der Waals surface area (Å²) < 4.78 is 40.9. The summed E-state index contributed by atoms with van der Waals surface area (Å²) in [6.45, 7) is 5.24. The largest absolute Gasteiger partial charge is 0.416 e. The maximum atomic E-state index is 13.0. The second kappa shape index (κ2) is 8.19. The number of hydrogen-bond acceptors (Lipinski definition) is 4. The molecule has 2 aromatic carbocycles. The zero-order chi connectivity index (χ0) is 23.9. The zero-order valence-electron chi connectivity index (χ0n) is 18.1. The summed E-state index contributed by atoms with van der Waals surface area (Å²) in [5.74, 6) is -0.297. The summed E-state index contributed by atoms with van der Waals surface area (Å²) in [4.78, 5) is 29.9. The van der Waals surface area contributed by atoms with Gasteiger partial charge in [0.2, 0.25) is 5.91 Å². The van der Waals surface area contributed by atoms with Crippen molar-refractivity contribution in [1.29, 1.82) is 0 Å². The molecule has 0 aliphatic rings. The topological polar surface area (TPSA) is 81.3 Å². The Morgan fingerprint density at radius 3 is 2.33 bits per heavy atom. The molecule has 0 aliphatic heterocycles. The Bertz CT molecular complexity index is 1420. The summed E-state index contributed by atoms with van der Waals surface area (Å²) in [5.41, 5.74) is 2.35. The van der Waals surface area contributed by atoms with Crippen molar-refractivity contribution in [2.24, 2.45) is 0 Å². The number of carbonyl (C=O) groups is 1. The lowest BCUT2D eigenvalue weighted by Crippen LogP contribution is -2.28. The Labute approximate surface area is 186 Å². The smallest absolute Gasteiger partial charge is 0.324 e. The van der Waals surface area contributed by atoms with E-state index in [4.69, 9.17) is 0 Å². The van der Waals surface area contributed by atoms with Gasteiger partial charge in [0.1, 0.15) is 12.4 Å². The lowest BCUT2D eigenvalue weighted by molar-refractivity contribution is -0.137. The number of alkyl halides is 3. The van der Waals surface area contributed by atoms with Crippen molar-refractivity contribution >= 4 is 17.2 Å². The fraction of sp³-hybridized carbons (Fsp3) is 0.217. The molecule has 7 nitrogen and oxygen atoms in total. The maximum Gasteiger partial charge on any atom is 0.416 e. The minimum atomic E-state index is -4.47. The van der Waals surface area contributed by atoms with Gasteiger partial charge in [0.25, 0.3) is 0 Å². The van der Waals surface area contributed by atoms with Gasteiger partial charge in [-0.2, -0.15) is 13.2 Å². The molecule has 0 bridgehead atoms. The molecule has 4 rings (SSSR count). The van der Waals surface area contributed by atoms with Crippen molar-refractivity contribution in [1.82, 2.24) is 19.2 Å². The van der Waals surface area contributed by atoms with Gasteiger partial charge in [-0.15, -0.1) is 5.10 Å². The fourth-order valence-corrected chi connectivity index (χ4v) is 3.41. The average molecular weight is 455 g/mol. The lowest BCUT2D eigenvalue weighted by atomic mass is 10.1. The summed E-state index contributed by atoms with van der Waals surface area (Å²) in [6, 6.07) is 11.4. The van der Waals surface area contributed by atoms with Gasteiger partial charge in [-0.25, -0.2) is 18.9 Å². The number of amides is 1. The number of halogens is 3. The molecule has 1 N–H and O–H groups in total. The highest BCUT2D eigenvalue weighted by Gasteiger charge is 2.30. The second-order valence-electron chi connectivity index (χ2n) is 7.78. The van der Waals surface area contributed by atoms with Crippen LogP contribution in [-0.4, -0.2) is 25.1 Å². The number of hydrogen-bond donors (Lipinski definition) is 1. The summed E-state index contributed by atoms with van der Waals surface area (Å²) >= 11 is 0. The van der Waals surface area contributed by atoms with E-state index in [2.05, 4.69) is 15.4 Å². The Hall–Kier alpha value is -3.95. The molecule has 2 heterocycles. The Balaban J connectivity index is 1.68. The quantitative estimate of drug-likeness (QED) is 0.502. The van der Waals surface area contributed by atoms with Crippen LogP contribution < -0.4 is 11.0 Å². The SMILES string of the molecule is Cc1cc2nn(CC(=O)Nc3ccc(C)c(C)c3)c(=O)n2c(-c2ccc(C(F)(F)F)cc2)n1. The molecular weight excluding hydrogens is 435 g/mol. The van der Waals surface area contributed by atoms with Crippen molar-refractivity contribution in [3.8, 4) is 11.4 Å². The molecular formula is C23H20F3N5O2.